The third-order valence-corrected chi connectivity index (χ3v) is 4.14. The van der Waals surface area contributed by atoms with Crippen LogP contribution in [0.5, 0.6) is 0 Å². The van der Waals surface area contributed by atoms with E-state index in [0.717, 1.165) is 36.5 Å². The minimum absolute atomic E-state index is 0.772. The predicted molar refractivity (Wildman–Crippen MR) is 85.5 cm³/mol. The van der Waals surface area contributed by atoms with Gasteiger partial charge in [-0.05, 0) is 30.9 Å². The van der Waals surface area contributed by atoms with Crippen molar-refractivity contribution in [3.63, 3.8) is 0 Å². The second-order valence-corrected chi connectivity index (χ2v) is 5.80. The highest BCUT2D eigenvalue weighted by Crippen LogP contribution is 2.29. The SMILES string of the molecule is Cn1ccc(-c2nc(Cc3ccccc3)nc3c2CCC3)n1. The molecule has 2 heterocycles. The summed E-state index contributed by atoms with van der Waals surface area (Å²) in [7, 11) is 1.94. The first-order valence-corrected chi connectivity index (χ1v) is 7.72. The number of hydrogen-bond acceptors (Lipinski definition) is 3. The molecule has 0 spiro atoms. The number of hydrogen-bond donors (Lipinski definition) is 0. The fraction of sp³-hybridized carbons (Fsp3) is 0.278. The van der Waals surface area contributed by atoms with E-state index in [0.29, 0.717) is 0 Å². The average molecular weight is 290 g/mol. The molecule has 1 aromatic carbocycles. The van der Waals surface area contributed by atoms with Crippen molar-refractivity contribution in [3.8, 4) is 11.4 Å². The molecule has 0 radical (unpaired) electrons. The lowest BCUT2D eigenvalue weighted by Gasteiger charge is -2.09. The molecule has 0 aliphatic heterocycles. The lowest BCUT2D eigenvalue weighted by Crippen LogP contribution is -2.04. The molecule has 110 valence electrons. The maximum atomic E-state index is 4.84. The van der Waals surface area contributed by atoms with Crippen LogP contribution in [0.4, 0.5) is 0 Å². The largest absolute Gasteiger partial charge is 0.275 e. The summed E-state index contributed by atoms with van der Waals surface area (Å²) in [4.78, 5) is 9.63. The summed E-state index contributed by atoms with van der Waals surface area (Å²) < 4.78 is 1.83. The van der Waals surface area contributed by atoms with Crippen LogP contribution in [0.15, 0.2) is 42.6 Å². The molecular weight excluding hydrogens is 272 g/mol. The first-order valence-electron chi connectivity index (χ1n) is 7.72. The smallest absolute Gasteiger partial charge is 0.133 e. The number of fused-ring (bicyclic) bond motifs is 1. The van der Waals surface area contributed by atoms with Crippen molar-refractivity contribution in [1.82, 2.24) is 19.7 Å². The van der Waals surface area contributed by atoms with Crippen LogP contribution in [0.1, 0.15) is 29.1 Å². The summed E-state index contributed by atoms with van der Waals surface area (Å²) in [6, 6.07) is 12.4. The van der Waals surface area contributed by atoms with E-state index in [1.54, 1.807) is 0 Å². The normalized spacial score (nSPS) is 13.3. The molecular formula is C18H18N4. The van der Waals surface area contributed by atoms with E-state index in [1.807, 2.05) is 30.1 Å². The van der Waals surface area contributed by atoms with Gasteiger partial charge in [0, 0.05) is 30.9 Å². The van der Waals surface area contributed by atoms with Crippen molar-refractivity contribution < 1.29 is 0 Å². The van der Waals surface area contributed by atoms with Crippen LogP contribution in [0.25, 0.3) is 11.4 Å². The van der Waals surface area contributed by atoms with Crippen LogP contribution < -0.4 is 0 Å². The van der Waals surface area contributed by atoms with Gasteiger partial charge in [-0.25, -0.2) is 9.97 Å². The highest BCUT2D eigenvalue weighted by Gasteiger charge is 2.21. The predicted octanol–water partition coefficient (Wildman–Crippen LogP) is 2.96. The zero-order valence-electron chi connectivity index (χ0n) is 12.7. The Hall–Kier alpha value is -2.49. The zero-order chi connectivity index (χ0) is 14.9. The second kappa shape index (κ2) is 5.37. The average Bonchev–Trinajstić information content (AvgIpc) is 3.16. The highest BCUT2D eigenvalue weighted by atomic mass is 15.2. The van der Waals surface area contributed by atoms with E-state index < -0.39 is 0 Å². The van der Waals surface area contributed by atoms with Crippen molar-refractivity contribution in [2.45, 2.75) is 25.7 Å². The molecule has 0 bridgehead atoms. The van der Waals surface area contributed by atoms with Crippen molar-refractivity contribution in [3.05, 3.63) is 65.2 Å². The van der Waals surface area contributed by atoms with E-state index in [2.05, 4.69) is 29.4 Å². The Morgan fingerprint density at radius 3 is 2.68 bits per heavy atom. The molecule has 3 aromatic rings. The molecule has 4 heteroatoms. The summed E-state index contributed by atoms with van der Waals surface area (Å²) in [5.41, 5.74) is 5.72. The molecule has 1 aliphatic rings. The van der Waals surface area contributed by atoms with E-state index in [-0.39, 0.29) is 0 Å². The zero-order valence-corrected chi connectivity index (χ0v) is 12.7. The lowest BCUT2D eigenvalue weighted by molar-refractivity contribution is 0.768. The van der Waals surface area contributed by atoms with Gasteiger partial charge in [-0.15, -0.1) is 0 Å². The Labute approximate surface area is 129 Å². The van der Waals surface area contributed by atoms with Gasteiger partial charge in [-0.1, -0.05) is 30.3 Å². The molecule has 22 heavy (non-hydrogen) atoms. The summed E-state index contributed by atoms with van der Waals surface area (Å²) in [6.07, 6.45) is 6.02. The monoisotopic (exact) mass is 290 g/mol. The number of aromatic nitrogens is 4. The molecule has 0 N–H and O–H groups in total. The Morgan fingerprint density at radius 1 is 1.05 bits per heavy atom. The highest BCUT2D eigenvalue weighted by molar-refractivity contribution is 5.60. The van der Waals surface area contributed by atoms with E-state index in [4.69, 9.17) is 9.97 Å². The van der Waals surface area contributed by atoms with Gasteiger partial charge in [0.2, 0.25) is 0 Å². The molecule has 0 fully saturated rings. The fourth-order valence-electron chi connectivity index (χ4n) is 3.09. The van der Waals surface area contributed by atoms with Crippen LogP contribution >= 0.6 is 0 Å². The third kappa shape index (κ3) is 2.41. The van der Waals surface area contributed by atoms with Crippen molar-refractivity contribution >= 4 is 0 Å². The number of nitrogens with zero attached hydrogens (tertiary/aromatic N) is 4. The van der Waals surface area contributed by atoms with Crippen molar-refractivity contribution in [2.24, 2.45) is 7.05 Å². The molecule has 0 amide bonds. The Kier molecular flexibility index (Phi) is 3.22. The standard InChI is InChI=1S/C18H18N4/c1-22-11-10-16(21-22)18-14-8-5-9-15(14)19-17(20-18)12-13-6-3-2-4-7-13/h2-4,6-7,10-11H,5,8-9,12H2,1H3. The maximum Gasteiger partial charge on any atom is 0.133 e. The van der Waals surface area contributed by atoms with Crippen LogP contribution in [0, 0.1) is 0 Å². The number of rotatable bonds is 3. The summed E-state index contributed by atoms with van der Waals surface area (Å²) in [5.74, 6) is 0.896. The molecule has 0 saturated heterocycles. The molecule has 1 aliphatic carbocycles. The lowest BCUT2D eigenvalue weighted by atomic mass is 10.1. The summed E-state index contributed by atoms with van der Waals surface area (Å²) in [5, 5.41) is 4.53. The van der Waals surface area contributed by atoms with Crippen LogP contribution in [0.2, 0.25) is 0 Å². The minimum Gasteiger partial charge on any atom is -0.275 e. The van der Waals surface area contributed by atoms with Crippen LogP contribution in [-0.4, -0.2) is 19.7 Å². The Morgan fingerprint density at radius 2 is 1.91 bits per heavy atom. The Balaban J connectivity index is 1.78. The van der Waals surface area contributed by atoms with Gasteiger partial charge in [0.15, 0.2) is 0 Å². The first kappa shape index (κ1) is 13.2. The maximum absolute atomic E-state index is 4.84. The molecule has 4 rings (SSSR count). The quantitative estimate of drug-likeness (QED) is 0.745. The van der Waals surface area contributed by atoms with Crippen LogP contribution in [-0.2, 0) is 26.3 Å². The van der Waals surface area contributed by atoms with Gasteiger partial charge in [0.25, 0.3) is 0 Å². The van der Waals surface area contributed by atoms with E-state index in [9.17, 15) is 0 Å². The van der Waals surface area contributed by atoms with Crippen molar-refractivity contribution in [2.75, 3.05) is 0 Å². The fourth-order valence-corrected chi connectivity index (χ4v) is 3.09. The molecule has 4 nitrogen and oxygen atoms in total. The molecule has 0 atom stereocenters. The van der Waals surface area contributed by atoms with E-state index in [1.165, 1.54) is 23.2 Å². The van der Waals surface area contributed by atoms with E-state index >= 15 is 0 Å². The molecule has 0 unspecified atom stereocenters. The van der Waals surface area contributed by atoms with Crippen molar-refractivity contribution in [1.29, 1.82) is 0 Å². The van der Waals surface area contributed by atoms with Gasteiger partial charge >= 0.3 is 0 Å². The minimum atomic E-state index is 0.772. The van der Waals surface area contributed by atoms with Crippen LogP contribution in [0.3, 0.4) is 0 Å². The van der Waals surface area contributed by atoms with Gasteiger partial charge < -0.3 is 0 Å². The first-order chi connectivity index (χ1) is 10.8. The van der Waals surface area contributed by atoms with Gasteiger partial charge in [-0.2, -0.15) is 5.10 Å². The van der Waals surface area contributed by atoms with Gasteiger partial charge in [0.1, 0.15) is 11.5 Å². The Bertz CT molecular complexity index is 805. The topological polar surface area (TPSA) is 43.6 Å². The summed E-state index contributed by atoms with van der Waals surface area (Å²) in [6.45, 7) is 0. The second-order valence-electron chi connectivity index (χ2n) is 5.80. The third-order valence-electron chi connectivity index (χ3n) is 4.14. The van der Waals surface area contributed by atoms with Gasteiger partial charge in [0.05, 0.1) is 5.69 Å². The number of aryl methyl sites for hydroxylation is 2. The van der Waals surface area contributed by atoms with Gasteiger partial charge in [-0.3, -0.25) is 4.68 Å². The molecule has 2 aromatic heterocycles. The molecule has 0 saturated carbocycles. The number of benzene rings is 1. The summed E-state index contributed by atoms with van der Waals surface area (Å²) >= 11 is 0.